The Labute approximate surface area is 205 Å². The Kier molecular flexibility index (Phi) is 8.88. The quantitative estimate of drug-likeness (QED) is 0.424. The second kappa shape index (κ2) is 11.6. The summed E-state index contributed by atoms with van der Waals surface area (Å²) in [5, 5.41) is 10.5. The van der Waals surface area contributed by atoms with Crippen LogP contribution in [0, 0.1) is 19.8 Å². The summed E-state index contributed by atoms with van der Waals surface area (Å²) in [6.45, 7) is 7.17. The number of H-pyrrole nitrogens is 2. The molecule has 4 rings (SSSR count). The van der Waals surface area contributed by atoms with Crippen molar-refractivity contribution < 1.29 is 19.3 Å². The fourth-order valence-electron chi connectivity index (χ4n) is 4.33. The van der Waals surface area contributed by atoms with Crippen LogP contribution in [-0.4, -0.2) is 66.0 Å². The number of methoxy groups -OCH3 is 1. The number of hydrogen-bond acceptors (Lipinski definition) is 6. The van der Waals surface area contributed by atoms with E-state index >= 15 is 0 Å². The predicted molar refractivity (Wildman–Crippen MR) is 135 cm³/mol. The number of aromatic nitrogens is 2. The van der Waals surface area contributed by atoms with Gasteiger partial charge in [0.25, 0.3) is 0 Å². The first-order chi connectivity index (χ1) is 15.9. The number of imidazole rings is 1. The van der Waals surface area contributed by atoms with Gasteiger partial charge >= 0.3 is 5.69 Å². The molecular weight excluding hydrogens is 458 g/mol. The first-order valence-corrected chi connectivity index (χ1v) is 11.4. The maximum atomic E-state index is 11.7. The SMILES string of the molecule is COc1cc(C)ccc1OCC1CCN(CC(O)COc2ccc(C)c3[nH]c(=O)[nH]c23)CC1.Cl. The Hall–Kier alpha value is -2.68. The number of aliphatic hydroxyl groups is 1. The minimum atomic E-state index is -0.614. The summed E-state index contributed by atoms with van der Waals surface area (Å²) in [5.74, 6) is 2.60. The number of rotatable bonds is 9. The number of nitrogens with zero attached hydrogens (tertiary/aromatic N) is 1. The first-order valence-electron chi connectivity index (χ1n) is 11.4. The molecule has 1 fully saturated rings. The molecule has 0 amide bonds. The van der Waals surface area contributed by atoms with Crippen LogP contribution in [0.15, 0.2) is 35.1 Å². The van der Waals surface area contributed by atoms with Gasteiger partial charge in [-0.2, -0.15) is 0 Å². The van der Waals surface area contributed by atoms with Crippen LogP contribution >= 0.6 is 12.4 Å². The van der Waals surface area contributed by atoms with E-state index < -0.39 is 6.10 Å². The summed E-state index contributed by atoms with van der Waals surface area (Å²) < 4.78 is 17.3. The predicted octanol–water partition coefficient (Wildman–Crippen LogP) is 3.43. The average molecular weight is 492 g/mol. The van der Waals surface area contributed by atoms with Gasteiger partial charge in [0, 0.05) is 6.54 Å². The first kappa shape index (κ1) is 25.9. The van der Waals surface area contributed by atoms with Gasteiger partial charge in [-0.15, -0.1) is 12.4 Å². The second-order valence-electron chi connectivity index (χ2n) is 8.88. The van der Waals surface area contributed by atoms with E-state index in [-0.39, 0.29) is 24.7 Å². The van der Waals surface area contributed by atoms with Crippen molar-refractivity contribution >= 4 is 23.4 Å². The van der Waals surface area contributed by atoms with Gasteiger partial charge in [0.05, 0.1) is 19.2 Å². The van der Waals surface area contributed by atoms with Crippen molar-refractivity contribution in [3.05, 3.63) is 51.9 Å². The molecule has 1 aromatic heterocycles. The van der Waals surface area contributed by atoms with Crippen LogP contribution in [0.2, 0.25) is 0 Å². The molecule has 34 heavy (non-hydrogen) atoms. The van der Waals surface area contributed by atoms with Crippen LogP contribution in [0.3, 0.4) is 0 Å². The third kappa shape index (κ3) is 6.25. The van der Waals surface area contributed by atoms with E-state index in [0.29, 0.717) is 30.3 Å². The lowest BCUT2D eigenvalue weighted by Crippen LogP contribution is -2.41. The fourth-order valence-corrected chi connectivity index (χ4v) is 4.33. The smallest absolute Gasteiger partial charge is 0.323 e. The monoisotopic (exact) mass is 491 g/mol. The molecule has 1 aliphatic heterocycles. The van der Waals surface area contributed by atoms with E-state index in [9.17, 15) is 9.90 Å². The van der Waals surface area contributed by atoms with E-state index in [1.165, 1.54) is 0 Å². The number of aliphatic hydroxyl groups excluding tert-OH is 1. The summed E-state index contributed by atoms with van der Waals surface area (Å²) in [6.07, 6.45) is 1.42. The minimum absolute atomic E-state index is 0. The van der Waals surface area contributed by atoms with Crippen molar-refractivity contribution in [2.24, 2.45) is 5.92 Å². The number of fused-ring (bicyclic) bond motifs is 1. The number of nitrogens with one attached hydrogen (secondary N) is 2. The van der Waals surface area contributed by atoms with Gasteiger partial charge in [-0.25, -0.2) is 4.79 Å². The lowest BCUT2D eigenvalue weighted by atomic mass is 9.97. The van der Waals surface area contributed by atoms with Crippen molar-refractivity contribution in [2.75, 3.05) is 40.0 Å². The molecule has 8 nitrogen and oxygen atoms in total. The standard InChI is InChI=1S/C25H33N3O5.ClH/c1-16-4-6-20(22(12-16)31-3)32-14-18-8-10-28(11-9-18)13-19(29)15-33-21-7-5-17(2)23-24(21)27-25(30)26-23;/h4-7,12,18-19,29H,8-11,13-15H2,1-3H3,(H2,26,27,30);1H. The Balaban J connectivity index is 0.00000324. The number of aromatic amines is 2. The van der Waals surface area contributed by atoms with Crippen molar-refractivity contribution in [1.29, 1.82) is 0 Å². The number of piperidine rings is 1. The molecule has 1 unspecified atom stereocenters. The number of hydrogen-bond donors (Lipinski definition) is 3. The lowest BCUT2D eigenvalue weighted by molar-refractivity contribution is 0.0505. The van der Waals surface area contributed by atoms with Crippen molar-refractivity contribution in [1.82, 2.24) is 14.9 Å². The molecule has 9 heteroatoms. The van der Waals surface area contributed by atoms with Crippen LogP contribution < -0.4 is 19.9 Å². The number of benzene rings is 2. The number of β-amino-alcohol motifs (C(OH)–C–C–N with tert-alkyl or cyclic N) is 1. The van der Waals surface area contributed by atoms with Crippen LogP contribution in [0.4, 0.5) is 0 Å². The zero-order chi connectivity index (χ0) is 23.4. The minimum Gasteiger partial charge on any atom is -0.493 e. The Bertz CT molecular complexity index is 1140. The highest BCUT2D eigenvalue weighted by Crippen LogP contribution is 2.29. The van der Waals surface area contributed by atoms with Gasteiger partial charge < -0.3 is 34.2 Å². The largest absolute Gasteiger partial charge is 0.493 e. The van der Waals surface area contributed by atoms with Crippen LogP contribution in [0.5, 0.6) is 17.2 Å². The van der Waals surface area contributed by atoms with Gasteiger partial charge in [0.2, 0.25) is 0 Å². The molecule has 0 spiro atoms. The average Bonchev–Trinajstić information content (AvgIpc) is 3.21. The van der Waals surface area contributed by atoms with E-state index in [1.807, 2.05) is 44.2 Å². The molecule has 0 bridgehead atoms. The third-order valence-corrected chi connectivity index (χ3v) is 6.25. The number of aryl methyl sites for hydroxylation is 2. The third-order valence-electron chi connectivity index (χ3n) is 6.25. The van der Waals surface area contributed by atoms with E-state index in [1.54, 1.807) is 7.11 Å². The van der Waals surface area contributed by atoms with Gasteiger partial charge in [0.15, 0.2) is 11.5 Å². The van der Waals surface area contributed by atoms with E-state index in [2.05, 4.69) is 14.9 Å². The highest BCUT2D eigenvalue weighted by atomic mass is 35.5. The number of halogens is 1. The highest BCUT2D eigenvalue weighted by molar-refractivity contribution is 5.85. The fraction of sp³-hybridized carbons (Fsp3) is 0.480. The molecule has 1 aliphatic rings. The topological polar surface area (TPSA) is 99.8 Å². The summed E-state index contributed by atoms with van der Waals surface area (Å²) in [4.78, 5) is 19.5. The van der Waals surface area contributed by atoms with Crippen molar-refractivity contribution in [3.63, 3.8) is 0 Å². The van der Waals surface area contributed by atoms with E-state index in [4.69, 9.17) is 14.2 Å². The molecule has 2 heterocycles. The Morgan fingerprint density at radius 3 is 2.47 bits per heavy atom. The maximum absolute atomic E-state index is 11.7. The van der Waals surface area contributed by atoms with Gasteiger partial charge in [-0.3, -0.25) is 0 Å². The Morgan fingerprint density at radius 2 is 1.74 bits per heavy atom. The molecule has 0 aliphatic carbocycles. The summed E-state index contributed by atoms with van der Waals surface area (Å²) in [7, 11) is 1.66. The molecule has 0 saturated carbocycles. The lowest BCUT2D eigenvalue weighted by Gasteiger charge is -2.33. The second-order valence-corrected chi connectivity index (χ2v) is 8.88. The Morgan fingerprint density at radius 1 is 1.03 bits per heavy atom. The zero-order valence-electron chi connectivity index (χ0n) is 19.9. The molecule has 3 N–H and O–H groups in total. The van der Waals surface area contributed by atoms with Gasteiger partial charge in [-0.05, 0) is 75.0 Å². The van der Waals surface area contributed by atoms with Gasteiger partial charge in [-0.1, -0.05) is 12.1 Å². The van der Waals surface area contributed by atoms with Crippen LogP contribution in [0.25, 0.3) is 11.0 Å². The highest BCUT2D eigenvalue weighted by Gasteiger charge is 2.22. The van der Waals surface area contributed by atoms with Crippen molar-refractivity contribution in [3.8, 4) is 17.2 Å². The molecule has 186 valence electrons. The summed E-state index contributed by atoms with van der Waals surface area (Å²) >= 11 is 0. The van der Waals surface area contributed by atoms with Gasteiger partial charge in [0.1, 0.15) is 24.0 Å². The molecule has 3 aromatic rings. The molecule has 2 aromatic carbocycles. The molecular formula is C25H34ClN3O5. The summed E-state index contributed by atoms with van der Waals surface area (Å²) in [6, 6.07) is 9.69. The molecule has 1 atom stereocenters. The van der Waals surface area contributed by atoms with Crippen molar-refractivity contribution in [2.45, 2.75) is 32.8 Å². The van der Waals surface area contributed by atoms with E-state index in [0.717, 1.165) is 54.1 Å². The zero-order valence-corrected chi connectivity index (χ0v) is 20.7. The number of likely N-dealkylation sites (tertiary alicyclic amines) is 1. The van der Waals surface area contributed by atoms with Crippen LogP contribution in [0.1, 0.15) is 24.0 Å². The number of ether oxygens (including phenoxy) is 3. The maximum Gasteiger partial charge on any atom is 0.323 e. The summed E-state index contributed by atoms with van der Waals surface area (Å²) in [5.41, 5.74) is 3.21. The van der Waals surface area contributed by atoms with Crippen LogP contribution in [-0.2, 0) is 0 Å². The molecule has 1 saturated heterocycles. The molecule has 0 radical (unpaired) electrons. The normalized spacial score (nSPS) is 15.6.